The summed E-state index contributed by atoms with van der Waals surface area (Å²) in [6.45, 7) is 0. The van der Waals surface area contributed by atoms with Crippen LogP contribution in [0.5, 0.6) is 5.75 Å². The van der Waals surface area contributed by atoms with Crippen LogP contribution < -0.4 is 5.32 Å². The Bertz CT molecular complexity index is 379. The molecule has 2 rings (SSSR count). The maximum atomic E-state index is 11.9. The molecular weight excluding hydrogens is 270 g/mol. The molecule has 3 nitrogen and oxygen atoms in total. The lowest BCUT2D eigenvalue weighted by atomic mass is 9.78. The predicted octanol–water partition coefficient (Wildman–Crippen LogP) is 2.44. The van der Waals surface area contributed by atoms with E-state index in [9.17, 15) is 4.79 Å². The smallest absolute Gasteiger partial charge is 0.251 e. The van der Waals surface area contributed by atoms with Crippen LogP contribution in [0.25, 0.3) is 0 Å². The molecule has 0 unspecified atom stereocenters. The van der Waals surface area contributed by atoms with Gasteiger partial charge in [-0.1, -0.05) is 15.9 Å². The van der Waals surface area contributed by atoms with Crippen LogP contribution in [0, 0.1) is 0 Å². The normalized spacial score (nSPS) is 17.6. The number of hydrogen-bond acceptors (Lipinski definition) is 2. The number of hydrogen-bond donors (Lipinski definition) is 2. The highest BCUT2D eigenvalue weighted by atomic mass is 79.9. The molecule has 1 aromatic carbocycles. The Morgan fingerprint density at radius 3 is 2.44 bits per heavy atom. The fourth-order valence-corrected chi connectivity index (χ4v) is 2.52. The van der Waals surface area contributed by atoms with E-state index in [1.165, 1.54) is 18.6 Å². The van der Waals surface area contributed by atoms with Crippen LogP contribution in [-0.2, 0) is 0 Å². The van der Waals surface area contributed by atoms with Crippen molar-refractivity contribution in [3.8, 4) is 5.75 Å². The molecular formula is C12H14BrNO2. The van der Waals surface area contributed by atoms with Crippen molar-refractivity contribution in [1.29, 1.82) is 0 Å². The van der Waals surface area contributed by atoms with Crippen LogP contribution in [0.15, 0.2) is 24.3 Å². The van der Waals surface area contributed by atoms with Crippen molar-refractivity contribution in [2.75, 3.05) is 5.33 Å². The molecule has 0 aromatic heterocycles. The van der Waals surface area contributed by atoms with Crippen molar-refractivity contribution in [2.45, 2.75) is 24.8 Å². The summed E-state index contributed by atoms with van der Waals surface area (Å²) in [4.78, 5) is 11.9. The number of carbonyl (C=O) groups is 1. The van der Waals surface area contributed by atoms with Gasteiger partial charge in [0.15, 0.2) is 0 Å². The van der Waals surface area contributed by atoms with Crippen LogP contribution in [-0.4, -0.2) is 21.9 Å². The van der Waals surface area contributed by atoms with E-state index in [-0.39, 0.29) is 17.2 Å². The van der Waals surface area contributed by atoms with E-state index in [0.29, 0.717) is 5.56 Å². The van der Waals surface area contributed by atoms with E-state index in [1.807, 2.05) is 0 Å². The Morgan fingerprint density at radius 1 is 1.38 bits per heavy atom. The van der Waals surface area contributed by atoms with Gasteiger partial charge in [-0.3, -0.25) is 4.79 Å². The van der Waals surface area contributed by atoms with Gasteiger partial charge in [-0.15, -0.1) is 0 Å². The summed E-state index contributed by atoms with van der Waals surface area (Å²) in [5, 5.41) is 13.0. The molecule has 1 aliphatic rings. The van der Waals surface area contributed by atoms with Crippen molar-refractivity contribution in [3.63, 3.8) is 0 Å². The fraction of sp³-hybridized carbons (Fsp3) is 0.417. The lowest BCUT2D eigenvalue weighted by molar-refractivity contribution is 0.0856. The van der Waals surface area contributed by atoms with Crippen molar-refractivity contribution >= 4 is 21.8 Å². The zero-order chi connectivity index (χ0) is 11.6. The number of phenolic OH excluding ortho intramolecular Hbond substituents is 1. The Morgan fingerprint density at radius 2 is 2.00 bits per heavy atom. The lowest BCUT2D eigenvalue weighted by Gasteiger charge is -2.41. The molecule has 86 valence electrons. The zero-order valence-electron chi connectivity index (χ0n) is 8.87. The molecule has 0 atom stereocenters. The first kappa shape index (κ1) is 11.5. The van der Waals surface area contributed by atoms with Crippen LogP contribution in [0.1, 0.15) is 29.6 Å². The molecule has 0 saturated heterocycles. The lowest BCUT2D eigenvalue weighted by Crippen LogP contribution is -2.54. The predicted molar refractivity (Wildman–Crippen MR) is 65.9 cm³/mol. The standard InChI is InChI=1S/C12H14BrNO2/c13-8-12(6-1-7-12)14-11(16)9-2-4-10(15)5-3-9/h2-5,15H,1,6-8H2,(H,14,16). The van der Waals surface area contributed by atoms with Gasteiger partial charge < -0.3 is 10.4 Å². The molecule has 16 heavy (non-hydrogen) atoms. The van der Waals surface area contributed by atoms with Gasteiger partial charge in [-0.2, -0.15) is 0 Å². The molecule has 0 bridgehead atoms. The van der Waals surface area contributed by atoms with Gasteiger partial charge in [0.05, 0.1) is 5.54 Å². The number of alkyl halides is 1. The van der Waals surface area contributed by atoms with Crippen molar-refractivity contribution in [3.05, 3.63) is 29.8 Å². The molecule has 1 aromatic rings. The minimum absolute atomic E-state index is 0.0605. The van der Waals surface area contributed by atoms with E-state index in [1.54, 1.807) is 12.1 Å². The van der Waals surface area contributed by atoms with E-state index in [2.05, 4.69) is 21.2 Å². The summed E-state index contributed by atoms with van der Waals surface area (Å²) in [5.74, 6) is 0.106. The first-order chi connectivity index (χ1) is 7.65. The summed E-state index contributed by atoms with van der Waals surface area (Å²) in [6.07, 6.45) is 3.23. The molecule has 0 heterocycles. The maximum Gasteiger partial charge on any atom is 0.251 e. The zero-order valence-corrected chi connectivity index (χ0v) is 10.5. The van der Waals surface area contributed by atoms with Crippen LogP contribution in [0.2, 0.25) is 0 Å². The minimum Gasteiger partial charge on any atom is -0.508 e. The molecule has 0 radical (unpaired) electrons. The molecule has 1 amide bonds. The second-order valence-corrected chi connectivity index (χ2v) is 4.83. The number of carbonyl (C=O) groups excluding carboxylic acids is 1. The first-order valence-electron chi connectivity index (χ1n) is 5.33. The third-order valence-electron chi connectivity index (χ3n) is 3.07. The van der Waals surface area contributed by atoms with Crippen molar-refractivity contribution in [2.24, 2.45) is 0 Å². The summed E-state index contributed by atoms with van der Waals surface area (Å²) in [5.41, 5.74) is 0.527. The third kappa shape index (κ3) is 2.21. The molecule has 0 spiro atoms. The molecule has 1 fully saturated rings. The maximum absolute atomic E-state index is 11.9. The second kappa shape index (κ2) is 4.45. The van der Waals surface area contributed by atoms with E-state index >= 15 is 0 Å². The first-order valence-corrected chi connectivity index (χ1v) is 6.45. The molecule has 1 saturated carbocycles. The second-order valence-electron chi connectivity index (χ2n) is 4.27. The van der Waals surface area contributed by atoms with Gasteiger partial charge in [0.2, 0.25) is 0 Å². The molecule has 4 heteroatoms. The Hall–Kier alpha value is -1.03. The molecule has 2 N–H and O–H groups in total. The Labute approximate surface area is 103 Å². The third-order valence-corrected chi connectivity index (χ3v) is 4.15. The van der Waals surface area contributed by atoms with E-state index in [4.69, 9.17) is 5.11 Å². The number of halogens is 1. The largest absolute Gasteiger partial charge is 0.508 e. The number of amides is 1. The van der Waals surface area contributed by atoms with Gasteiger partial charge in [-0.05, 0) is 43.5 Å². The average molecular weight is 284 g/mol. The number of nitrogens with one attached hydrogen (secondary N) is 1. The number of aromatic hydroxyl groups is 1. The van der Waals surface area contributed by atoms with Crippen LogP contribution in [0.4, 0.5) is 0 Å². The fourth-order valence-electron chi connectivity index (χ4n) is 1.82. The van der Waals surface area contributed by atoms with Crippen molar-refractivity contribution < 1.29 is 9.90 Å². The van der Waals surface area contributed by atoms with Crippen LogP contribution in [0.3, 0.4) is 0 Å². The quantitative estimate of drug-likeness (QED) is 0.838. The highest BCUT2D eigenvalue weighted by Crippen LogP contribution is 2.33. The van der Waals surface area contributed by atoms with Gasteiger partial charge in [0, 0.05) is 10.9 Å². The Kier molecular flexibility index (Phi) is 3.19. The monoisotopic (exact) mass is 283 g/mol. The molecule has 0 aliphatic heterocycles. The van der Waals surface area contributed by atoms with E-state index < -0.39 is 0 Å². The van der Waals surface area contributed by atoms with Gasteiger partial charge in [-0.25, -0.2) is 0 Å². The minimum atomic E-state index is -0.0702. The highest BCUT2D eigenvalue weighted by molar-refractivity contribution is 9.09. The van der Waals surface area contributed by atoms with Gasteiger partial charge in [0.25, 0.3) is 5.91 Å². The highest BCUT2D eigenvalue weighted by Gasteiger charge is 2.37. The summed E-state index contributed by atoms with van der Waals surface area (Å²) in [7, 11) is 0. The summed E-state index contributed by atoms with van der Waals surface area (Å²) in [6, 6.07) is 6.31. The summed E-state index contributed by atoms with van der Waals surface area (Å²) >= 11 is 3.44. The number of phenols is 1. The van der Waals surface area contributed by atoms with Crippen LogP contribution >= 0.6 is 15.9 Å². The Balaban J connectivity index is 2.05. The number of rotatable bonds is 3. The topological polar surface area (TPSA) is 49.3 Å². The average Bonchev–Trinajstić information content (AvgIpc) is 2.24. The van der Waals surface area contributed by atoms with Crippen molar-refractivity contribution in [1.82, 2.24) is 5.32 Å². The van der Waals surface area contributed by atoms with E-state index in [0.717, 1.165) is 18.2 Å². The molecule has 1 aliphatic carbocycles. The number of benzene rings is 1. The van der Waals surface area contributed by atoms with Gasteiger partial charge in [0.1, 0.15) is 5.75 Å². The van der Waals surface area contributed by atoms with Gasteiger partial charge >= 0.3 is 0 Å². The SMILES string of the molecule is O=C(NC1(CBr)CCC1)c1ccc(O)cc1. The summed E-state index contributed by atoms with van der Waals surface area (Å²) < 4.78 is 0.